The summed E-state index contributed by atoms with van der Waals surface area (Å²) >= 11 is 1.28. The van der Waals surface area contributed by atoms with Crippen LogP contribution >= 0.6 is 11.3 Å². The molecule has 0 bridgehead atoms. The van der Waals surface area contributed by atoms with Crippen LogP contribution in [0.25, 0.3) is 22.4 Å². The molecule has 0 spiro atoms. The first-order chi connectivity index (χ1) is 12.3. The van der Waals surface area contributed by atoms with Crippen molar-refractivity contribution in [3.63, 3.8) is 0 Å². The lowest BCUT2D eigenvalue weighted by molar-refractivity contribution is -0.111. The summed E-state index contributed by atoms with van der Waals surface area (Å²) in [5.74, 6) is 0.405. The predicted molar refractivity (Wildman–Crippen MR) is 98.2 cm³/mol. The molecule has 2 aromatic carbocycles. The zero-order valence-electron chi connectivity index (χ0n) is 13.0. The molecule has 122 valence electrons. The van der Waals surface area contributed by atoms with Gasteiger partial charge in [0, 0.05) is 11.6 Å². The normalized spacial score (nSPS) is 11.2. The quantitative estimate of drug-likeness (QED) is 0.574. The van der Waals surface area contributed by atoms with Crippen LogP contribution in [0.4, 0.5) is 5.13 Å². The van der Waals surface area contributed by atoms with Crippen LogP contribution in [0.2, 0.25) is 0 Å². The fraction of sp³-hybridized carbons (Fsp3) is 0. The maximum Gasteiger partial charge on any atom is 0.250 e. The topological polar surface area (TPSA) is 72.2 Å². The number of hydrogen-bond donors (Lipinski definition) is 1. The molecular formula is C18H13N5OS. The average Bonchev–Trinajstić information content (AvgIpc) is 3.21. The molecule has 0 radical (unpaired) electrons. The highest BCUT2D eigenvalue weighted by atomic mass is 32.1. The van der Waals surface area contributed by atoms with E-state index >= 15 is 0 Å². The monoisotopic (exact) mass is 347 g/mol. The number of rotatable bonds is 4. The van der Waals surface area contributed by atoms with Crippen molar-refractivity contribution in [3.8, 4) is 11.4 Å². The molecule has 1 N–H and O–H groups in total. The summed E-state index contributed by atoms with van der Waals surface area (Å²) in [6.07, 6.45) is 3.24. The molecule has 0 aliphatic carbocycles. The Labute approximate surface area is 147 Å². The molecule has 0 aliphatic heterocycles. The van der Waals surface area contributed by atoms with E-state index in [0.717, 1.165) is 11.1 Å². The van der Waals surface area contributed by atoms with Gasteiger partial charge in [-0.05, 0) is 11.6 Å². The largest absolute Gasteiger partial charge is 0.297 e. The third-order valence-electron chi connectivity index (χ3n) is 3.48. The van der Waals surface area contributed by atoms with E-state index in [2.05, 4.69) is 20.6 Å². The van der Waals surface area contributed by atoms with Crippen molar-refractivity contribution in [1.82, 2.24) is 19.8 Å². The van der Waals surface area contributed by atoms with Crippen molar-refractivity contribution >= 4 is 33.4 Å². The van der Waals surface area contributed by atoms with Gasteiger partial charge in [-0.1, -0.05) is 72.0 Å². The molecule has 0 saturated heterocycles. The van der Waals surface area contributed by atoms with Gasteiger partial charge in [-0.3, -0.25) is 10.1 Å². The second-order valence-electron chi connectivity index (χ2n) is 5.22. The molecule has 4 aromatic rings. The van der Waals surface area contributed by atoms with Crippen molar-refractivity contribution < 1.29 is 4.79 Å². The molecule has 2 heterocycles. The van der Waals surface area contributed by atoms with E-state index < -0.39 is 0 Å². The lowest BCUT2D eigenvalue weighted by Gasteiger charge is -1.97. The lowest BCUT2D eigenvalue weighted by Crippen LogP contribution is -2.07. The van der Waals surface area contributed by atoms with Gasteiger partial charge in [0.25, 0.3) is 0 Å². The Balaban J connectivity index is 1.54. The molecule has 6 nitrogen and oxygen atoms in total. The highest BCUT2D eigenvalue weighted by molar-refractivity contribution is 7.20. The second kappa shape index (κ2) is 6.66. The van der Waals surface area contributed by atoms with Gasteiger partial charge < -0.3 is 0 Å². The van der Waals surface area contributed by atoms with E-state index in [1.807, 2.05) is 60.7 Å². The lowest BCUT2D eigenvalue weighted by atomic mass is 10.2. The van der Waals surface area contributed by atoms with Crippen LogP contribution in [0.1, 0.15) is 5.56 Å². The fourth-order valence-electron chi connectivity index (χ4n) is 2.32. The highest BCUT2D eigenvalue weighted by Crippen LogP contribution is 2.23. The molecule has 7 heteroatoms. The summed E-state index contributed by atoms with van der Waals surface area (Å²) in [5, 5.41) is 15.9. The minimum absolute atomic E-state index is 0.241. The molecule has 0 atom stereocenters. The number of carbonyl (C=O) groups is 1. The van der Waals surface area contributed by atoms with Crippen molar-refractivity contribution in [2.24, 2.45) is 0 Å². The number of nitrogens with zero attached hydrogens (tertiary/aromatic N) is 4. The molecule has 1 amide bonds. The number of benzene rings is 2. The van der Waals surface area contributed by atoms with Gasteiger partial charge in [-0.25, -0.2) is 0 Å². The van der Waals surface area contributed by atoms with Crippen LogP contribution in [-0.4, -0.2) is 25.7 Å². The Morgan fingerprint density at radius 3 is 2.48 bits per heavy atom. The Kier molecular flexibility index (Phi) is 4.05. The molecule has 4 rings (SSSR count). The van der Waals surface area contributed by atoms with Crippen LogP contribution in [-0.2, 0) is 4.79 Å². The first-order valence-corrected chi connectivity index (χ1v) is 8.43. The van der Waals surface area contributed by atoms with Crippen LogP contribution < -0.4 is 5.32 Å². The van der Waals surface area contributed by atoms with E-state index in [4.69, 9.17) is 0 Å². The number of amides is 1. The van der Waals surface area contributed by atoms with Gasteiger partial charge >= 0.3 is 0 Å². The van der Waals surface area contributed by atoms with Crippen molar-refractivity contribution in [1.29, 1.82) is 0 Å². The van der Waals surface area contributed by atoms with Crippen LogP contribution in [0.5, 0.6) is 0 Å². The summed E-state index contributed by atoms with van der Waals surface area (Å²) in [6, 6.07) is 19.3. The summed E-state index contributed by atoms with van der Waals surface area (Å²) in [4.78, 5) is 12.7. The number of fused-ring (bicyclic) bond motifs is 1. The van der Waals surface area contributed by atoms with Crippen molar-refractivity contribution in [3.05, 3.63) is 72.3 Å². The first kappa shape index (κ1) is 15.2. The van der Waals surface area contributed by atoms with E-state index in [-0.39, 0.29) is 5.91 Å². The Morgan fingerprint density at radius 2 is 1.72 bits per heavy atom. The SMILES string of the molecule is O=C(/C=C/c1ccccc1)Nc1nn2c(-c3ccccc3)nnc2s1. The minimum Gasteiger partial charge on any atom is -0.297 e. The number of anilines is 1. The van der Waals surface area contributed by atoms with Crippen molar-refractivity contribution in [2.45, 2.75) is 0 Å². The summed E-state index contributed by atoms with van der Waals surface area (Å²) in [6.45, 7) is 0. The molecule has 0 saturated carbocycles. The molecule has 0 unspecified atom stereocenters. The predicted octanol–water partition coefficient (Wildman–Crippen LogP) is 3.50. The van der Waals surface area contributed by atoms with Gasteiger partial charge in [0.1, 0.15) is 0 Å². The Bertz CT molecular complexity index is 1040. The van der Waals surface area contributed by atoms with Crippen LogP contribution in [0, 0.1) is 0 Å². The molecule has 0 fully saturated rings. The fourth-order valence-corrected chi connectivity index (χ4v) is 3.06. The molecule has 0 aliphatic rings. The van der Waals surface area contributed by atoms with Crippen LogP contribution in [0.15, 0.2) is 66.7 Å². The van der Waals surface area contributed by atoms with Gasteiger partial charge in [-0.2, -0.15) is 4.52 Å². The summed E-state index contributed by atoms with van der Waals surface area (Å²) in [7, 11) is 0. The summed E-state index contributed by atoms with van der Waals surface area (Å²) in [5.41, 5.74) is 1.88. The zero-order valence-corrected chi connectivity index (χ0v) is 13.9. The Hall–Kier alpha value is -3.32. The smallest absolute Gasteiger partial charge is 0.250 e. The first-order valence-electron chi connectivity index (χ1n) is 7.61. The summed E-state index contributed by atoms with van der Waals surface area (Å²) < 4.78 is 1.64. The zero-order chi connectivity index (χ0) is 17.1. The maximum absolute atomic E-state index is 12.1. The average molecular weight is 347 g/mol. The van der Waals surface area contributed by atoms with Gasteiger partial charge in [-0.15, -0.1) is 15.3 Å². The van der Waals surface area contributed by atoms with E-state index in [1.54, 1.807) is 10.6 Å². The van der Waals surface area contributed by atoms with E-state index in [0.29, 0.717) is 15.9 Å². The van der Waals surface area contributed by atoms with E-state index in [9.17, 15) is 4.79 Å². The number of aromatic nitrogens is 4. The van der Waals surface area contributed by atoms with Gasteiger partial charge in [0.15, 0.2) is 5.82 Å². The number of nitrogens with one attached hydrogen (secondary N) is 1. The maximum atomic E-state index is 12.1. The van der Waals surface area contributed by atoms with Crippen LogP contribution in [0.3, 0.4) is 0 Å². The van der Waals surface area contributed by atoms with Gasteiger partial charge in [0.05, 0.1) is 0 Å². The molecular weight excluding hydrogens is 334 g/mol. The van der Waals surface area contributed by atoms with E-state index in [1.165, 1.54) is 17.4 Å². The second-order valence-corrected chi connectivity index (χ2v) is 6.18. The molecule has 25 heavy (non-hydrogen) atoms. The standard InChI is InChI=1S/C18H13N5OS/c24-15(12-11-13-7-3-1-4-8-13)19-17-22-23-16(20-21-18(23)25-17)14-9-5-2-6-10-14/h1-12H,(H,19,22,24)/b12-11+. The highest BCUT2D eigenvalue weighted by Gasteiger charge is 2.13. The third-order valence-corrected chi connectivity index (χ3v) is 4.29. The molecule has 2 aromatic heterocycles. The number of hydrogen-bond acceptors (Lipinski definition) is 5. The Morgan fingerprint density at radius 1 is 1.00 bits per heavy atom. The number of carbonyl (C=O) groups excluding carboxylic acids is 1. The minimum atomic E-state index is -0.241. The van der Waals surface area contributed by atoms with Gasteiger partial charge in [0.2, 0.25) is 16.0 Å². The van der Waals surface area contributed by atoms with Crippen molar-refractivity contribution in [2.75, 3.05) is 5.32 Å². The third kappa shape index (κ3) is 3.31.